The fraction of sp³-hybridized carbons (Fsp3) is 0.185. The van der Waals surface area contributed by atoms with Crippen LogP contribution in [0.25, 0.3) is 33.1 Å². The van der Waals surface area contributed by atoms with Gasteiger partial charge in [-0.25, -0.2) is 29.7 Å². The van der Waals surface area contributed by atoms with Crippen LogP contribution in [-0.2, 0) is 24.2 Å². The third kappa shape index (κ3) is 13.9. The maximum Gasteiger partial charge on any atom is 0.416 e. The number of rotatable bonds is 10. The number of fused-ring (bicyclic) bond motifs is 3. The van der Waals surface area contributed by atoms with E-state index in [-0.39, 0.29) is 26.6 Å². The van der Waals surface area contributed by atoms with Gasteiger partial charge in [-0.05, 0) is 128 Å². The zero-order valence-electron chi connectivity index (χ0n) is 37.6. The van der Waals surface area contributed by atoms with E-state index in [0.717, 1.165) is 60.5 Å². The van der Waals surface area contributed by atoms with Crippen molar-refractivity contribution in [1.82, 2.24) is 39.9 Å². The fourth-order valence-electron chi connectivity index (χ4n) is 7.22. The molecule has 71 heavy (non-hydrogen) atoms. The number of nitrogens with one attached hydrogen (secondary N) is 4. The van der Waals surface area contributed by atoms with Crippen molar-refractivity contribution >= 4 is 97.2 Å². The number of aromatic amines is 3. The molecule has 1 amide bonds. The largest absolute Gasteiger partial charge is 0.443 e. The molecule has 0 aliphatic carbocycles. The molecule has 10 rings (SSSR count). The number of aromatic nitrogens is 8. The maximum atomic E-state index is 13.0. The molecule has 0 aliphatic heterocycles. The molecule has 17 heteroatoms. The second kappa shape index (κ2) is 24.2. The maximum absolute atomic E-state index is 13.0. The number of hydrogen-bond acceptors (Lipinski definition) is 9. The number of amides is 1. The Morgan fingerprint density at radius 3 is 1.93 bits per heavy atom. The van der Waals surface area contributed by atoms with Crippen molar-refractivity contribution in [3.05, 3.63) is 206 Å². The van der Waals surface area contributed by atoms with Gasteiger partial charge in [-0.3, -0.25) is 4.90 Å². The Hall–Kier alpha value is -7.00. The number of ether oxygens (including phenoxy) is 1. The van der Waals surface area contributed by atoms with Crippen LogP contribution in [0.5, 0.6) is 0 Å². The van der Waals surface area contributed by atoms with Gasteiger partial charge >= 0.3 is 6.09 Å². The van der Waals surface area contributed by atoms with Gasteiger partial charge in [0.05, 0.1) is 6.54 Å². The topological polar surface area (TPSA) is 174 Å². The minimum atomic E-state index is -1.03. The van der Waals surface area contributed by atoms with Crippen LogP contribution in [-0.4, -0.2) is 56.7 Å². The molecule has 8 heterocycles. The second-order valence-corrected chi connectivity index (χ2v) is 18.3. The standard InChI is InChI=1S/C25H24Cl2N4O3.C20H16Cl2N4.C7H6N2.2CH4/c1-25(2,3)34-24(33)31(14-15-6-8-16(26)9-7-15)20-11-10-18(22(27)30-20)21(32)19-13-29-23-17(19)5-4-12-28-23;21-16-6-3-13(4-7-16)11-24-18-8-5-14(19(22)26-18)10-15-12-25-20-17(15)2-1-9-23-20;1-2-6-3-5-9-7(6)8-4-1;;/h4-13,21,32H,14H2,1-3H3,(H,28,29);1-9,12H,10-11H2,(H,23,25)(H,24,26);1-5H,(H,8,9);2*1H4. The van der Waals surface area contributed by atoms with Gasteiger partial charge < -0.3 is 30.1 Å². The van der Waals surface area contributed by atoms with Crippen LogP contribution >= 0.6 is 46.4 Å². The summed E-state index contributed by atoms with van der Waals surface area (Å²) in [5.41, 5.74) is 6.94. The number of anilines is 2. The number of H-pyrrole nitrogens is 3. The number of hydrogen-bond donors (Lipinski definition) is 5. The van der Waals surface area contributed by atoms with E-state index < -0.39 is 17.8 Å². The van der Waals surface area contributed by atoms with Crippen molar-refractivity contribution in [2.45, 2.75) is 66.8 Å². The van der Waals surface area contributed by atoms with Gasteiger partial charge in [0.1, 0.15) is 50.6 Å². The lowest BCUT2D eigenvalue weighted by molar-refractivity contribution is 0.0576. The monoisotopic (exact) mass is 1030 g/mol. The summed E-state index contributed by atoms with van der Waals surface area (Å²) in [7, 11) is 0. The smallest absolute Gasteiger partial charge is 0.416 e. The van der Waals surface area contributed by atoms with E-state index in [1.54, 1.807) is 75.9 Å². The highest BCUT2D eigenvalue weighted by Crippen LogP contribution is 2.33. The molecular formula is C54H54Cl4N10O3. The van der Waals surface area contributed by atoms with Gasteiger partial charge in [-0.1, -0.05) is 91.6 Å². The normalized spacial score (nSPS) is 11.3. The zero-order valence-corrected chi connectivity index (χ0v) is 40.6. The second-order valence-electron chi connectivity index (χ2n) is 16.7. The predicted octanol–water partition coefficient (Wildman–Crippen LogP) is 14.6. The number of benzene rings is 2. The molecule has 0 aliphatic rings. The van der Waals surface area contributed by atoms with Gasteiger partial charge in [0.25, 0.3) is 0 Å². The Bertz CT molecular complexity index is 3290. The van der Waals surface area contributed by atoms with Gasteiger partial charge in [0.2, 0.25) is 0 Å². The van der Waals surface area contributed by atoms with Crippen LogP contribution in [0.1, 0.15) is 75.1 Å². The fourth-order valence-corrected chi connectivity index (χ4v) is 7.95. The lowest BCUT2D eigenvalue weighted by Crippen LogP contribution is -2.37. The van der Waals surface area contributed by atoms with Crippen molar-refractivity contribution in [2.75, 3.05) is 10.2 Å². The number of carbonyl (C=O) groups excluding carboxylic acids is 1. The average Bonchev–Trinajstić information content (AvgIpc) is 4.11. The lowest BCUT2D eigenvalue weighted by Gasteiger charge is -2.27. The van der Waals surface area contributed by atoms with E-state index in [2.05, 4.69) is 51.3 Å². The third-order valence-corrected chi connectivity index (χ3v) is 11.8. The van der Waals surface area contributed by atoms with E-state index in [4.69, 9.17) is 51.1 Å². The highest BCUT2D eigenvalue weighted by atomic mass is 35.5. The summed E-state index contributed by atoms with van der Waals surface area (Å²) in [6.45, 7) is 6.24. The quantitative estimate of drug-likeness (QED) is 0.0836. The number of pyridine rings is 5. The van der Waals surface area contributed by atoms with Crippen molar-refractivity contribution in [3.8, 4) is 0 Å². The van der Waals surface area contributed by atoms with Gasteiger partial charge in [0.15, 0.2) is 0 Å². The number of nitrogens with zero attached hydrogens (tertiary/aromatic N) is 6. The molecule has 5 N–H and O–H groups in total. The molecular weight excluding hydrogens is 978 g/mol. The van der Waals surface area contributed by atoms with Crippen molar-refractivity contribution < 1.29 is 14.6 Å². The van der Waals surface area contributed by atoms with E-state index >= 15 is 0 Å². The zero-order chi connectivity index (χ0) is 48.5. The Labute approximate surface area is 432 Å². The minimum Gasteiger partial charge on any atom is -0.443 e. The summed E-state index contributed by atoms with van der Waals surface area (Å²) in [5, 5.41) is 19.3. The molecule has 0 saturated carbocycles. The molecule has 13 nitrogen and oxygen atoms in total. The van der Waals surface area contributed by atoms with Crippen molar-refractivity contribution in [2.24, 2.45) is 0 Å². The minimum absolute atomic E-state index is 0. The van der Waals surface area contributed by atoms with Crippen molar-refractivity contribution in [3.63, 3.8) is 0 Å². The number of aliphatic hydroxyl groups excluding tert-OH is 1. The Balaban J connectivity index is 0.000000196. The van der Waals surface area contributed by atoms with Crippen LogP contribution in [0.15, 0.2) is 152 Å². The van der Waals surface area contributed by atoms with Crippen LogP contribution in [0.4, 0.5) is 16.4 Å². The molecule has 1 atom stereocenters. The molecule has 0 saturated heterocycles. The van der Waals surface area contributed by atoms with Gasteiger partial charge in [-0.15, -0.1) is 0 Å². The molecule has 0 spiro atoms. The first-order chi connectivity index (χ1) is 33.3. The Morgan fingerprint density at radius 2 is 1.28 bits per heavy atom. The van der Waals surface area contributed by atoms with E-state index in [1.807, 2.05) is 91.3 Å². The first-order valence-corrected chi connectivity index (χ1v) is 23.2. The summed E-state index contributed by atoms with van der Waals surface area (Å²) in [6, 6.07) is 35.7. The summed E-state index contributed by atoms with van der Waals surface area (Å²) in [5.74, 6) is 1.04. The summed E-state index contributed by atoms with van der Waals surface area (Å²) < 4.78 is 5.59. The molecule has 0 bridgehead atoms. The molecule has 366 valence electrons. The summed E-state index contributed by atoms with van der Waals surface area (Å²) >= 11 is 24.8. The highest BCUT2D eigenvalue weighted by Gasteiger charge is 2.27. The Morgan fingerprint density at radius 1 is 0.662 bits per heavy atom. The summed E-state index contributed by atoms with van der Waals surface area (Å²) in [6.07, 6.45) is 9.88. The third-order valence-electron chi connectivity index (χ3n) is 10.6. The molecule has 2 aromatic carbocycles. The van der Waals surface area contributed by atoms with E-state index in [1.165, 1.54) is 4.90 Å². The molecule has 10 aromatic rings. The molecule has 0 fully saturated rings. The first-order valence-electron chi connectivity index (χ1n) is 21.7. The van der Waals surface area contributed by atoms with Gasteiger partial charge in [0, 0.05) is 87.5 Å². The number of halogens is 4. The van der Waals surface area contributed by atoms with Crippen molar-refractivity contribution in [1.29, 1.82) is 0 Å². The van der Waals surface area contributed by atoms with Crippen LogP contribution in [0.3, 0.4) is 0 Å². The number of aliphatic hydroxyl groups is 1. The van der Waals surface area contributed by atoms with E-state index in [0.29, 0.717) is 45.7 Å². The lowest BCUT2D eigenvalue weighted by atomic mass is 10.0. The molecule has 8 aromatic heterocycles. The highest BCUT2D eigenvalue weighted by molar-refractivity contribution is 6.31. The van der Waals surface area contributed by atoms with Crippen LogP contribution < -0.4 is 10.2 Å². The SMILES string of the molecule is C.C.CC(C)(C)OC(=O)N(Cc1ccc(Cl)cc1)c1ccc(C(O)c2c[nH]c3ncccc23)c(Cl)n1.Clc1ccc(CNc2ccc(Cc3c[nH]c4ncccc34)c(Cl)n2)cc1.c1cnc2[nH]ccc2c1. The van der Waals surface area contributed by atoms with E-state index in [9.17, 15) is 9.90 Å². The number of carbonyl (C=O) groups is 1. The van der Waals surface area contributed by atoms with Crippen LogP contribution in [0.2, 0.25) is 20.4 Å². The summed E-state index contributed by atoms with van der Waals surface area (Å²) in [4.78, 5) is 45.2. The molecule has 1 unspecified atom stereocenters. The first kappa shape index (κ1) is 53.4. The predicted molar refractivity (Wildman–Crippen MR) is 290 cm³/mol. The van der Waals surface area contributed by atoms with Gasteiger partial charge in [-0.2, -0.15) is 0 Å². The Kier molecular flexibility index (Phi) is 18.2. The average molecular weight is 1030 g/mol. The van der Waals surface area contributed by atoms with Crippen LogP contribution in [0, 0.1) is 0 Å². The molecule has 0 radical (unpaired) electrons.